The van der Waals surface area contributed by atoms with Gasteiger partial charge in [-0.15, -0.1) is 0 Å². The largest absolute Gasteiger partial charge is 0.393 e. The maximum Gasteiger partial charge on any atom is 0.287 e. The minimum atomic E-state index is -0.551. The molecule has 0 saturated heterocycles. The lowest BCUT2D eigenvalue weighted by molar-refractivity contribution is -0.385. The Morgan fingerprint density at radius 1 is 1.58 bits per heavy atom. The van der Waals surface area contributed by atoms with Gasteiger partial charge in [-0.2, -0.15) is 5.26 Å². The molecule has 1 aromatic rings. The first-order valence-corrected chi connectivity index (χ1v) is 6.09. The fourth-order valence-electron chi connectivity index (χ4n) is 2.35. The number of nitro benzene ring substituents is 1. The van der Waals surface area contributed by atoms with Crippen molar-refractivity contribution in [3.8, 4) is 6.07 Å². The summed E-state index contributed by atoms with van der Waals surface area (Å²) in [5.74, 6) is 0.445. The monoisotopic (exact) mass is 261 g/mol. The highest BCUT2D eigenvalue weighted by molar-refractivity contribution is 5.59. The molecule has 1 aromatic carbocycles. The first-order chi connectivity index (χ1) is 9.01. The Morgan fingerprint density at radius 2 is 2.26 bits per heavy atom. The van der Waals surface area contributed by atoms with Gasteiger partial charge in [-0.1, -0.05) is 0 Å². The minimum Gasteiger partial charge on any atom is -0.393 e. The average Bonchev–Trinajstić information content (AvgIpc) is 2.35. The predicted molar refractivity (Wildman–Crippen MR) is 69.8 cm³/mol. The van der Waals surface area contributed by atoms with E-state index in [0.717, 1.165) is 25.1 Å². The van der Waals surface area contributed by atoms with Gasteiger partial charge in [0.1, 0.15) is 11.6 Å². The van der Waals surface area contributed by atoms with Crippen molar-refractivity contribution in [1.29, 1.82) is 5.26 Å². The molecule has 0 bridgehead atoms. The second kappa shape index (κ2) is 5.24. The standard InChI is InChI=1S/C13H15N3O3/c1-15(8-9-4-12(17)5-9)11-2-3-13(16(18)19)10(6-11)7-14/h2-3,6,9,12,17H,4-5,8H2,1H3. The molecular weight excluding hydrogens is 246 g/mol. The van der Waals surface area contributed by atoms with Crippen molar-refractivity contribution in [2.75, 3.05) is 18.5 Å². The maximum atomic E-state index is 10.7. The fraction of sp³-hybridized carbons (Fsp3) is 0.462. The van der Waals surface area contributed by atoms with Crippen molar-refractivity contribution in [3.63, 3.8) is 0 Å². The van der Waals surface area contributed by atoms with Gasteiger partial charge in [-0.05, 0) is 30.9 Å². The molecule has 0 atom stereocenters. The third kappa shape index (κ3) is 2.83. The normalized spacial score (nSPS) is 21.3. The van der Waals surface area contributed by atoms with Crippen molar-refractivity contribution in [1.82, 2.24) is 0 Å². The lowest BCUT2D eigenvalue weighted by Crippen LogP contribution is -2.37. The number of anilines is 1. The van der Waals surface area contributed by atoms with Crippen molar-refractivity contribution >= 4 is 11.4 Å². The molecule has 1 aliphatic carbocycles. The molecule has 0 aromatic heterocycles. The highest BCUT2D eigenvalue weighted by Gasteiger charge is 2.28. The van der Waals surface area contributed by atoms with Crippen LogP contribution in [0.5, 0.6) is 0 Å². The van der Waals surface area contributed by atoms with E-state index in [4.69, 9.17) is 5.26 Å². The van der Waals surface area contributed by atoms with E-state index in [9.17, 15) is 15.2 Å². The molecule has 19 heavy (non-hydrogen) atoms. The van der Waals surface area contributed by atoms with E-state index in [1.165, 1.54) is 12.1 Å². The predicted octanol–water partition coefficient (Wildman–Crippen LogP) is 1.67. The Balaban J connectivity index is 2.12. The summed E-state index contributed by atoms with van der Waals surface area (Å²) < 4.78 is 0. The Bertz CT molecular complexity index is 532. The van der Waals surface area contributed by atoms with Crippen LogP contribution in [-0.2, 0) is 0 Å². The van der Waals surface area contributed by atoms with Gasteiger partial charge in [0.2, 0.25) is 0 Å². The second-order valence-electron chi connectivity index (χ2n) is 4.94. The van der Waals surface area contributed by atoms with Crippen LogP contribution < -0.4 is 4.90 Å². The fourth-order valence-corrected chi connectivity index (χ4v) is 2.35. The number of benzene rings is 1. The molecule has 6 heteroatoms. The van der Waals surface area contributed by atoms with E-state index < -0.39 is 4.92 Å². The number of nitrogens with zero attached hydrogens (tertiary/aromatic N) is 3. The third-order valence-electron chi connectivity index (χ3n) is 3.48. The third-order valence-corrected chi connectivity index (χ3v) is 3.48. The van der Waals surface area contributed by atoms with Crippen LogP contribution in [0.3, 0.4) is 0 Å². The summed E-state index contributed by atoms with van der Waals surface area (Å²) in [6, 6.07) is 6.40. The summed E-state index contributed by atoms with van der Waals surface area (Å²) in [5, 5.41) is 28.9. The van der Waals surface area contributed by atoms with Crippen molar-refractivity contribution < 1.29 is 10.0 Å². The van der Waals surface area contributed by atoms with Crippen LogP contribution >= 0.6 is 0 Å². The van der Waals surface area contributed by atoms with Crippen molar-refractivity contribution in [2.24, 2.45) is 5.92 Å². The van der Waals surface area contributed by atoms with Gasteiger partial charge >= 0.3 is 0 Å². The summed E-state index contributed by atoms with van der Waals surface area (Å²) in [7, 11) is 1.88. The minimum absolute atomic E-state index is 0.0722. The van der Waals surface area contributed by atoms with E-state index in [-0.39, 0.29) is 17.4 Å². The van der Waals surface area contributed by atoms with Gasteiger partial charge in [0.25, 0.3) is 5.69 Å². The highest BCUT2D eigenvalue weighted by atomic mass is 16.6. The van der Waals surface area contributed by atoms with Gasteiger partial charge < -0.3 is 10.0 Å². The molecule has 100 valence electrons. The number of aliphatic hydroxyl groups is 1. The first kappa shape index (κ1) is 13.3. The van der Waals surface area contributed by atoms with Crippen LogP contribution in [0.1, 0.15) is 18.4 Å². The molecule has 0 spiro atoms. The Hall–Kier alpha value is -2.13. The van der Waals surface area contributed by atoms with E-state index >= 15 is 0 Å². The summed E-state index contributed by atoms with van der Waals surface area (Å²) in [6.07, 6.45) is 1.40. The van der Waals surface area contributed by atoms with Crippen LogP contribution in [0.4, 0.5) is 11.4 Å². The number of rotatable bonds is 4. The zero-order chi connectivity index (χ0) is 14.0. The molecule has 0 aliphatic heterocycles. The van der Waals surface area contributed by atoms with Crippen molar-refractivity contribution in [2.45, 2.75) is 18.9 Å². The average molecular weight is 261 g/mol. The molecule has 1 aliphatic rings. The molecule has 1 N–H and O–H groups in total. The number of nitriles is 1. The molecule has 0 heterocycles. The van der Waals surface area contributed by atoms with E-state index in [0.29, 0.717) is 5.92 Å². The van der Waals surface area contributed by atoms with Crippen LogP contribution in [0.15, 0.2) is 18.2 Å². The molecule has 1 fully saturated rings. The summed E-state index contributed by atoms with van der Waals surface area (Å²) in [6.45, 7) is 0.778. The second-order valence-corrected chi connectivity index (χ2v) is 4.94. The van der Waals surface area contributed by atoms with Gasteiger partial charge in [0, 0.05) is 25.3 Å². The molecular formula is C13H15N3O3. The zero-order valence-corrected chi connectivity index (χ0v) is 10.6. The Labute approximate surface area is 111 Å². The molecule has 0 amide bonds. The number of hydrogen-bond acceptors (Lipinski definition) is 5. The Morgan fingerprint density at radius 3 is 2.79 bits per heavy atom. The van der Waals surface area contributed by atoms with Crippen LogP contribution in [0.25, 0.3) is 0 Å². The highest BCUT2D eigenvalue weighted by Crippen LogP contribution is 2.30. The first-order valence-electron chi connectivity index (χ1n) is 6.09. The van der Waals surface area contributed by atoms with Gasteiger partial charge in [0.05, 0.1) is 11.0 Å². The SMILES string of the molecule is CN(CC1CC(O)C1)c1ccc([N+](=O)[O-])c(C#N)c1. The number of nitro groups is 1. The molecule has 6 nitrogen and oxygen atoms in total. The lowest BCUT2D eigenvalue weighted by atomic mass is 9.82. The zero-order valence-electron chi connectivity index (χ0n) is 10.6. The van der Waals surface area contributed by atoms with Gasteiger partial charge in [-0.3, -0.25) is 10.1 Å². The number of hydrogen-bond donors (Lipinski definition) is 1. The molecule has 0 unspecified atom stereocenters. The quantitative estimate of drug-likeness (QED) is 0.657. The van der Waals surface area contributed by atoms with Gasteiger partial charge in [0.15, 0.2) is 0 Å². The lowest BCUT2D eigenvalue weighted by Gasteiger charge is -2.35. The summed E-state index contributed by atoms with van der Waals surface area (Å²) >= 11 is 0. The molecule has 2 rings (SSSR count). The topological polar surface area (TPSA) is 90.4 Å². The van der Waals surface area contributed by atoms with Crippen LogP contribution in [0.2, 0.25) is 0 Å². The van der Waals surface area contributed by atoms with Crippen LogP contribution in [-0.4, -0.2) is 29.7 Å². The molecule has 0 radical (unpaired) electrons. The van der Waals surface area contributed by atoms with E-state index in [1.54, 1.807) is 6.07 Å². The van der Waals surface area contributed by atoms with E-state index in [2.05, 4.69) is 0 Å². The van der Waals surface area contributed by atoms with Crippen LogP contribution in [0, 0.1) is 27.4 Å². The summed E-state index contributed by atoms with van der Waals surface area (Å²) in [5.41, 5.74) is 0.685. The summed E-state index contributed by atoms with van der Waals surface area (Å²) in [4.78, 5) is 12.2. The number of aliphatic hydroxyl groups excluding tert-OH is 1. The van der Waals surface area contributed by atoms with Crippen molar-refractivity contribution in [3.05, 3.63) is 33.9 Å². The maximum absolute atomic E-state index is 10.7. The smallest absolute Gasteiger partial charge is 0.287 e. The Kier molecular flexibility index (Phi) is 3.67. The molecule has 1 saturated carbocycles. The van der Waals surface area contributed by atoms with Gasteiger partial charge in [-0.25, -0.2) is 0 Å². The van der Waals surface area contributed by atoms with E-state index in [1.807, 2.05) is 18.0 Å².